The molecule has 4 heteroatoms. The van der Waals surface area contributed by atoms with Gasteiger partial charge in [-0.05, 0) is 38.1 Å². The molecule has 1 unspecified atom stereocenters. The number of nitrogens with zero attached hydrogens (tertiary/aromatic N) is 2. The Labute approximate surface area is 119 Å². The summed E-state index contributed by atoms with van der Waals surface area (Å²) in [5.41, 5.74) is 4.50. The minimum atomic E-state index is 0.196. The zero-order valence-electron chi connectivity index (χ0n) is 11.9. The van der Waals surface area contributed by atoms with Crippen molar-refractivity contribution >= 4 is 11.6 Å². The van der Waals surface area contributed by atoms with Crippen LogP contribution in [0.4, 0.5) is 0 Å². The van der Waals surface area contributed by atoms with Crippen LogP contribution >= 0.6 is 11.6 Å². The van der Waals surface area contributed by atoms with Gasteiger partial charge in [0.05, 0.1) is 5.69 Å². The van der Waals surface area contributed by atoms with Crippen LogP contribution in [0.1, 0.15) is 28.6 Å². The van der Waals surface area contributed by atoms with E-state index >= 15 is 0 Å². The number of hydrogen-bond donors (Lipinski definition) is 1. The van der Waals surface area contributed by atoms with Crippen molar-refractivity contribution in [3.63, 3.8) is 0 Å². The fraction of sp³-hybridized carbons (Fsp3) is 0.400. The predicted molar refractivity (Wildman–Crippen MR) is 79.6 cm³/mol. The second kappa shape index (κ2) is 5.76. The van der Waals surface area contributed by atoms with E-state index in [0.29, 0.717) is 0 Å². The normalized spacial score (nSPS) is 12.7. The predicted octanol–water partition coefficient (Wildman–Crippen LogP) is 3.19. The third-order valence-corrected chi connectivity index (χ3v) is 3.97. The molecule has 0 spiro atoms. The zero-order chi connectivity index (χ0) is 14.0. The molecule has 2 aromatic rings. The first-order valence-corrected chi connectivity index (χ1v) is 6.82. The molecule has 0 saturated carbocycles. The molecule has 3 nitrogen and oxygen atoms in total. The molecule has 1 atom stereocenters. The van der Waals surface area contributed by atoms with Crippen LogP contribution in [0.15, 0.2) is 24.3 Å². The van der Waals surface area contributed by atoms with Crippen LogP contribution < -0.4 is 5.32 Å². The molecule has 1 aromatic heterocycles. The van der Waals surface area contributed by atoms with Crippen molar-refractivity contribution in [2.75, 3.05) is 7.05 Å². The van der Waals surface area contributed by atoms with Crippen LogP contribution in [0.25, 0.3) is 0 Å². The van der Waals surface area contributed by atoms with E-state index in [2.05, 4.69) is 28.6 Å². The fourth-order valence-corrected chi connectivity index (χ4v) is 2.63. The number of hydrogen-bond acceptors (Lipinski definition) is 2. The molecule has 0 amide bonds. The lowest BCUT2D eigenvalue weighted by Crippen LogP contribution is -2.20. The Morgan fingerprint density at radius 1 is 1.37 bits per heavy atom. The Hall–Kier alpha value is -1.32. The molecule has 0 fully saturated rings. The van der Waals surface area contributed by atoms with Crippen LogP contribution in [-0.2, 0) is 13.5 Å². The summed E-state index contributed by atoms with van der Waals surface area (Å²) in [5, 5.41) is 8.58. The highest BCUT2D eigenvalue weighted by Gasteiger charge is 2.16. The van der Waals surface area contributed by atoms with Gasteiger partial charge in [-0.2, -0.15) is 5.10 Å². The van der Waals surface area contributed by atoms with Crippen LogP contribution in [-0.4, -0.2) is 16.8 Å². The third-order valence-electron chi connectivity index (χ3n) is 3.46. The van der Waals surface area contributed by atoms with Gasteiger partial charge >= 0.3 is 0 Å². The molecule has 2 rings (SSSR count). The van der Waals surface area contributed by atoms with Gasteiger partial charge in [-0.1, -0.05) is 29.8 Å². The summed E-state index contributed by atoms with van der Waals surface area (Å²) in [7, 11) is 3.94. The highest BCUT2D eigenvalue weighted by molar-refractivity contribution is 6.32. The van der Waals surface area contributed by atoms with Gasteiger partial charge in [-0.3, -0.25) is 4.68 Å². The van der Waals surface area contributed by atoms with Gasteiger partial charge in [0.1, 0.15) is 0 Å². The number of aryl methyl sites for hydroxylation is 3. The van der Waals surface area contributed by atoms with Gasteiger partial charge in [0.15, 0.2) is 0 Å². The first-order valence-electron chi connectivity index (χ1n) is 6.44. The van der Waals surface area contributed by atoms with E-state index in [0.717, 1.165) is 28.3 Å². The van der Waals surface area contributed by atoms with E-state index in [-0.39, 0.29) is 6.04 Å². The minimum Gasteiger partial charge on any atom is -0.313 e. The second-order valence-electron chi connectivity index (χ2n) is 4.92. The molecule has 0 aliphatic rings. The molecule has 0 radical (unpaired) electrons. The second-order valence-corrected chi connectivity index (χ2v) is 5.30. The van der Waals surface area contributed by atoms with Gasteiger partial charge < -0.3 is 5.32 Å². The van der Waals surface area contributed by atoms with Crippen molar-refractivity contribution in [3.8, 4) is 0 Å². The van der Waals surface area contributed by atoms with Crippen LogP contribution in [0, 0.1) is 13.8 Å². The Kier molecular flexibility index (Phi) is 4.27. The average molecular weight is 278 g/mol. The van der Waals surface area contributed by atoms with Crippen molar-refractivity contribution in [2.45, 2.75) is 26.3 Å². The van der Waals surface area contributed by atoms with E-state index in [1.54, 1.807) is 0 Å². The van der Waals surface area contributed by atoms with Crippen LogP contribution in [0.2, 0.25) is 5.02 Å². The Morgan fingerprint density at radius 3 is 2.68 bits per heavy atom. The summed E-state index contributed by atoms with van der Waals surface area (Å²) in [6, 6.07) is 8.48. The Balaban J connectivity index is 2.30. The molecule has 1 aromatic carbocycles. The Bertz CT molecular complexity index is 575. The lowest BCUT2D eigenvalue weighted by Gasteiger charge is -2.19. The largest absolute Gasteiger partial charge is 0.313 e. The van der Waals surface area contributed by atoms with Gasteiger partial charge in [0, 0.05) is 30.2 Å². The zero-order valence-corrected chi connectivity index (χ0v) is 12.6. The topological polar surface area (TPSA) is 29.9 Å². The smallest absolute Gasteiger partial charge is 0.0596 e. The molecule has 0 aliphatic carbocycles. The third kappa shape index (κ3) is 2.99. The van der Waals surface area contributed by atoms with E-state index in [1.807, 2.05) is 38.7 Å². The van der Waals surface area contributed by atoms with Gasteiger partial charge in [-0.15, -0.1) is 0 Å². The fourth-order valence-electron chi connectivity index (χ4n) is 2.37. The highest BCUT2D eigenvalue weighted by Crippen LogP contribution is 2.28. The van der Waals surface area contributed by atoms with Crippen LogP contribution in [0.5, 0.6) is 0 Å². The minimum absolute atomic E-state index is 0.196. The molecule has 0 saturated heterocycles. The highest BCUT2D eigenvalue weighted by atomic mass is 35.5. The summed E-state index contributed by atoms with van der Waals surface area (Å²) in [6.07, 6.45) is 0.872. The standard InChI is InChI=1S/C15H20ClN3/c1-10-6-5-7-13(15(10)16)14(17-3)9-12-8-11(2)18-19(12)4/h5-8,14,17H,9H2,1-4H3. The van der Waals surface area contributed by atoms with Gasteiger partial charge in [0.25, 0.3) is 0 Å². The number of benzene rings is 1. The lowest BCUT2D eigenvalue weighted by atomic mass is 10.00. The molecule has 1 N–H and O–H groups in total. The van der Waals surface area contributed by atoms with E-state index in [4.69, 9.17) is 11.6 Å². The lowest BCUT2D eigenvalue weighted by molar-refractivity contribution is 0.561. The monoisotopic (exact) mass is 277 g/mol. The van der Waals surface area contributed by atoms with Crippen LogP contribution in [0.3, 0.4) is 0 Å². The summed E-state index contributed by atoms with van der Waals surface area (Å²) < 4.78 is 1.93. The number of nitrogens with one attached hydrogen (secondary N) is 1. The molecular weight excluding hydrogens is 258 g/mol. The summed E-state index contributed by atoms with van der Waals surface area (Å²) in [6.45, 7) is 4.05. The maximum atomic E-state index is 6.42. The van der Waals surface area contributed by atoms with Crippen molar-refractivity contribution in [1.82, 2.24) is 15.1 Å². The van der Waals surface area contributed by atoms with Crippen molar-refractivity contribution in [1.29, 1.82) is 0 Å². The SMILES string of the molecule is CNC(Cc1cc(C)nn1C)c1cccc(C)c1Cl. The quantitative estimate of drug-likeness (QED) is 0.930. The van der Waals surface area contributed by atoms with Crippen molar-refractivity contribution < 1.29 is 0 Å². The maximum absolute atomic E-state index is 6.42. The van der Waals surface area contributed by atoms with Crippen molar-refractivity contribution in [2.24, 2.45) is 7.05 Å². The van der Waals surface area contributed by atoms with E-state index in [1.165, 1.54) is 5.69 Å². The number of rotatable bonds is 4. The van der Waals surface area contributed by atoms with Crippen molar-refractivity contribution in [3.05, 3.63) is 51.8 Å². The summed E-state index contributed by atoms with van der Waals surface area (Å²) >= 11 is 6.42. The first-order chi connectivity index (χ1) is 9.02. The summed E-state index contributed by atoms with van der Waals surface area (Å²) in [5.74, 6) is 0. The average Bonchev–Trinajstić information content (AvgIpc) is 2.68. The molecule has 19 heavy (non-hydrogen) atoms. The molecular formula is C15H20ClN3. The molecule has 102 valence electrons. The first kappa shape index (κ1) is 14.1. The Morgan fingerprint density at radius 2 is 2.11 bits per heavy atom. The van der Waals surface area contributed by atoms with E-state index < -0.39 is 0 Å². The molecule has 0 bridgehead atoms. The van der Waals surface area contributed by atoms with Gasteiger partial charge in [-0.25, -0.2) is 0 Å². The van der Waals surface area contributed by atoms with Gasteiger partial charge in [0.2, 0.25) is 0 Å². The summed E-state index contributed by atoms with van der Waals surface area (Å²) in [4.78, 5) is 0. The number of halogens is 1. The number of aromatic nitrogens is 2. The number of likely N-dealkylation sites (N-methyl/N-ethyl adjacent to an activating group) is 1. The molecule has 1 heterocycles. The maximum Gasteiger partial charge on any atom is 0.0596 e. The van der Waals surface area contributed by atoms with E-state index in [9.17, 15) is 0 Å². The molecule has 0 aliphatic heterocycles.